The van der Waals surface area contributed by atoms with Crippen molar-refractivity contribution in [1.82, 2.24) is 14.8 Å². The number of hydrogen-bond donors (Lipinski definition) is 0. The van der Waals surface area contributed by atoms with E-state index in [1.807, 2.05) is 67.7 Å². The summed E-state index contributed by atoms with van der Waals surface area (Å²) in [5.41, 5.74) is 3.52. The molecule has 0 aliphatic carbocycles. The molecule has 0 radical (unpaired) electrons. The lowest BCUT2D eigenvalue weighted by Gasteiger charge is -2.42. The smallest absolute Gasteiger partial charge is 0.253 e. The van der Waals surface area contributed by atoms with Crippen LogP contribution in [0.25, 0.3) is 11.1 Å². The van der Waals surface area contributed by atoms with E-state index in [-0.39, 0.29) is 11.8 Å². The number of pyridine rings is 1. The van der Waals surface area contributed by atoms with E-state index in [9.17, 15) is 9.59 Å². The molecule has 164 valence electrons. The first-order valence-corrected chi connectivity index (χ1v) is 11.0. The molecular formula is C27H29N3O2. The van der Waals surface area contributed by atoms with Gasteiger partial charge in [0, 0.05) is 45.1 Å². The Kier molecular flexibility index (Phi) is 6.35. The number of nitrogens with zero attached hydrogens (tertiary/aromatic N) is 3. The number of piperidine rings is 1. The molecule has 1 saturated heterocycles. The van der Waals surface area contributed by atoms with Crippen LogP contribution in [0.3, 0.4) is 0 Å². The third-order valence-corrected chi connectivity index (χ3v) is 6.38. The molecule has 2 aromatic carbocycles. The van der Waals surface area contributed by atoms with Gasteiger partial charge in [0.15, 0.2) is 0 Å². The monoisotopic (exact) mass is 427 g/mol. The number of amides is 2. The highest BCUT2D eigenvalue weighted by molar-refractivity contribution is 5.94. The summed E-state index contributed by atoms with van der Waals surface area (Å²) >= 11 is 0. The van der Waals surface area contributed by atoms with Crippen LogP contribution in [0.15, 0.2) is 79.1 Å². The van der Waals surface area contributed by atoms with E-state index in [4.69, 9.17) is 0 Å². The van der Waals surface area contributed by atoms with E-state index < -0.39 is 5.41 Å². The van der Waals surface area contributed by atoms with E-state index >= 15 is 0 Å². The Morgan fingerprint density at radius 3 is 2.19 bits per heavy atom. The second kappa shape index (κ2) is 9.35. The van der Waals surface area contributed by atoms with E-state index in [0.29, 0.717) is 37.9 Å². The van der Waals surface area contributed by atoms with E-state index in [0.717, 1.165) is 16.7 Å². The molecule has 5 heteroatoms. The maximum atomic E-state index is 13.3. The van der Waals surface area contributed by atoms with Crippen LogP contribution in [0.2, 0.25) is 0 Å². The summed E-state index contributed by atoms with van der Waals surface area (Å²) in [6, 6.07) is 21.7. The highest BCUT2D eigenvalue weighted by atomic mass is 16.2. The highest BCUT2D eigenvalue weighted by Crippen LogP contribution is 2.37. The van der Waals surface area contributed by atoms with Gasteiger partial charge >= 0.3 is 0 Å². The number of likely N-dealkylation sites (tertiary alicyclic amines) is 1. The van der Waals surface area contributed by atoms with Gasteiger partial charge in [0.1, 0.15) is 0 Å². The molecule has 0 bridgehead atoms. The van der Waals surface area contributed by atoms with E-state index in [1.165, 1.54) is 0 Å². The van der Waals surface area contributed by atoms with Gasteiger partial charge in [0.2, 0.25) is 5.91 Å². The molecule has 5 nitrogen and oxygen atoms in total. The lowest BCUT2D eigenvalue weighted by atomic mass is 9.72. The van der Waals surface area contributed by atoms with Crippen LogP contribution < -0.4 is 0 Å². The second-order valence-corrected chi connectivity index (χ2v) is 8.75. The molecule has 32 heavy (non-hydrogen) atoms. The highest BCUT2D eigenvalue weighted by Gasteiger charge is 2.43. The van der Waals surface area contributed by atoms with Gasteiger partial charge in [-0.2, -0.15) is 0 Å². The minimum absolute atomic E-state index is 0.0392. The molecule has 1 aromatic heterocycles. The number of rotatable bonds is 5. The van der Waals surface area contributed by atoms with Gasteiger partial charge in [-0.15, -0.1) is 0 Å². The van der Waals surface area contributed by atoms with Crippen LogP contribution in [-0.2, 0) is 11.2 Å². The molecule has 0 spiro atoms. The topological polar surface area (TPSA) is 53.5 Å². The Bertz CT molecular complexity index is 1060. The van der Waals surface area contributed by atoms with Gasteiger partial charge < -0.3 is 9.80 Å². The van der Waals surface area contributed by atoms with Crippen molar-refractivity contribution in [1.29, 1.82) is 0 Å². The third kappa shape index (κ3) is 4.57. The van der Waals surface area contributed by atoms with Crippen molar-refractivity contribution >= 4 is 11.8 Å². The van der Waals surface area contributed by atoms with Crippen molar-refractivity contribution < 1.29 is 9.59 Å². The first kappa shape index (κ1) is 21.8. The van der Waals surface area contributed by atoms with E-state index in [2.05, 4.69) is 29.2 Å². The molecular weight excluding hydrogens is 398 g/mol. The first-order chi connectivity index (χ1) is 15.5. The van der Waals surface area contributed by atoms with Gasteiger partial charge in [-0.1, -0.05) is 48.5 Å². The summed E-state index contributed by atoms with van der Waals surface area (Å²) in [4.78, 5) is 33.9. The lowest BCUT2D eigenvalue weighted by molar-refractivity contribution is -0.142. The molecule has 2 heterocycles. The quantitative estimate of drug-likeness (QED) is 0.610. The molecule has 1 aliphatic heterocycles. The van der Waals surface area contributed by atoms with Gasteiger partial charge in [-0.05, 0) is 54.2 Å². The predicted molar refractivity (Wildman–Crippen MR) is 126 cm³/mol. The number of carbonyl (C=O) groups excluding carboxylic acids is 2. The fourth-order valence-corrected chi connectivity index (χ4v) is 4.58. The average molecular weight is 428 g/mol. The first-order valence-electron chi connectivity index (χ1n) is 11.0. The average Bonchev–Trinajstić information content (AvgIpc) is 2.85. The molecule has 1 aliphatic rings. The summed E-state index contributed by atoms with van der Waals surface area (Å²) in [5, 5.41) is 0. The number of carbonyl (C=O) groups is 2. The zero-order chi connectivity index (χ0) is 22.6. The van der Waals surface area contributed by atoms with Crippen molar-refractivity contribution in [3.8, 4) is 11.1 Å². The van der Waals surface area contributed by atoms with Gasteiger partial charge in [0.25, 0.3) is 5.91 Å². The molecule has 1 fully saturated rings. The Hall–Kier alpha value is -3.47. The van der Waals surface area contributed by atoms with Crippen LogP contribution in [0, 0.1) is 5.41 Å². The fourth-order valence-electron chi connectivity index (χ4n) is 4.58. The Balaban J connectivity index is 1.51. The fraction of sp³-hybridized carbons (Fsp3) is 0.296. The second-order valence-electron chi connectivity index (χ2n) is 8.75. The molecule has 0 unspecified atom stereocenters. The standard InChI is InChI=1S/C27H29N3O2/c1-29(2)26(32)27(14-17-30(18-15-27)25(31)23-7-4-3-5-8-23)19-21-10-12-22(13-11-21)24-9-6-16-28-20-24/h3-13,16,20H,14-15,17-19H2,1-2H3. The molecule has 3 aromatic rings. The molecule has 4 rings (SSSR count). The third-order valence-electron chi connectivity index (χ3n) is 6.38. The van der Waals surface area contributed by atoms with Crippen LogP contribution >= 0.6 is 0 Å². The summed E-state index contributed by atoms with van der Waals surface area (Å²) in [5.74, 6) is 0.179. The summed E-state index contributed by atoms with van der Waals surface area (Å²) in [6.45, 7) is 1.17. The minimum Gasteiger partial charge on any atom is -0.348 e. The Morgan fingerprint density at radius 2 is 1.59 bits per heavy atom. The normalized spacial score (nSPS) is 15.2. The van der Waals surface area contributed by atoms with Gasteiger partial charge in [-0.25, -0.2) is 0 Å². The molecule has 0 saturated carbocycles. The van der Waals surface area contributed by atoms with Gasteiger partial charge in [-0.3, -0.25) is 14.6 Å². The SMILES string of the molecule is CN(C)C(=O)C1(Cc2ccc(-c3cccnc3)cc2)CCN(C(=O)c2ccccc2)CC1. The maximum Gasteiger partial charge on any atom is 0.253 e. The number of hydrogen-bond acceptors (Lipinski definition) is 3. The Labute approximate surface area is 189 Å². The summed E-state index contributed by atoms with van der Waals surface area (Å²) in [6.07, 6.45) is 5.61. The maximum absolute atomic E-state index is 13.3. The van der Waals surface area contributed by atoms with E-state index in [1.54, 1.807) is 11.1 Å². The van der Waals surface area contributed by atoms with Crippen LogP contribution in [0.4, 0.5) is 0 Å². The Morgan fingerprint density at radius 1 is 0.906 bits per heavy atom. The zero-order valence-electron chi connectivity index (χ0n) is 18.7. The molecule has 0 N–H and O–H groups in total. The number of aromatic nitrogens is 1. The minimum atomic E-state index is -0.493. The summed E-state index contributed by atoms with van der Waals surface area (Å²) in [7, 11) is 3.63. The lowest BCUT2D eigenvalue weighted by Crippen LogP contribution is -2.51. The van der Waals surface area contributed by atoms with Crippen molar-refractivity contribution in [3.63, 3.8) is 0 Å². The van der Waals surface area contributed by atoms with Crippen LogP contribution in [0.1, 0.15) is 28.8 Å². The number of benzene rings is 2. The summed E-state index contributed by atoms with van der Waals surface area (Å²) < 4.78 is 0. The van der Waals surface area contributed by atoms with Crippen molar-refractivity contribution in [2.75, 3.05) is 27.2 Å². The molecule has 2 amide bonds. The van der Waals surface area contributed by atoms with Crippen LogP contribution in [0.5, 0.6) is 0 Å². The predicted octanol–water partition coefficient (Wildman–Crippen LogP) is 4.30. The van der Waals surface area contributed by atoms with Crippen molar-refractivity contribution in [2.24, 2.45) is 5.41 Å². The van der Waals surface area contributed by atoms with Crippen molar-refractivity contribution in [3.05, 3.63) is 90.3 Å². The van der Waals surface area contributed by atoms with Gasteiger partial charge in [0.05, 0.1) is 5.41 Å². The van der Waals surface area contributed by atoms with Crippen LogP contribution in [-0.4, -0.2) is 53.8 Å². The zero-order valence-corrected chi connectivity index (χ0v) is 18.7. The molecule has 0 atom stereocenters. The van der Waals surface area contributed by atoms with Crippen molar-refractivity contribution in [2.45, 2.75) is 19.3 Å². The largest absolute Gasteiger partial charge is 0.348 e.